The number of hydrogen-bond donors (Lipinski definition) is 2. The molecule has 0 saturated heterocycles. The summed E-state index contributed by atoms with van der Waals surface area (Å²) in [6, 6.07) is 7.47. The highest BCUT2D eigenvalue weighted by Crippen LogP contribution is 2.24. The molecule has 5 heteroatoms. The second kappa shape index (κ2) is 5.86. The van der Waals surface area contributed by atoms with Crippen LogP contribution in [-0.2, 0) is 6.42 Å². The lowest BCUT2D eigenvalue weighted by Crippen LogP contribution is -2.24. The average Bonchev–Trinajstić information content (AvgIpc) is 2.84. The SMILES string of the molecule is CC(C)(C)Oc1nc(NCCc2ccco2)ccc1N. The van der Waals surface area contributed by atoms with Crippen molar-refractivity contribution in [1.82, 2.24) is 4.98 Å². The quantitative estimate of drug-likeness (QED) is 0.877. The van der Waals surface area contributed by atoms with Crippen LogP contribution in [-0.4, -0.2) is 17.1 Å². The molecule has 0 spiro atoms. The van der Waals surface area contributed by atoms with E-state index in [0.717, 1.165) is 24.5 Å². The van der Waals surface area contributed by atoms with E-state index in [2.05, 4.69) is 10.3 Å². The van der Waals surface area contributed by atoms with Gasteiger partial charge in [-0.25, -0.2) is 0 Å². The minimum Gasteiger partial charge on any atom is -0.470 e. The van der Waals surface area contributed by atoms with E-state index in [4.69, 9.17) is 14.9 Å². The summed E-state index contributed by atoms with van der Waals surface area (Å²) in [7, 11) is 0. The van der Waals surface area contributed by atoms with Gasteiger partial charge in [-0.05, 0) is 45.0 Å². The maximum absolute atomic E-state index is 5.87. The van der Waals surface area contributed by atoms with E-state index < -0.39 is 0 Å². The Morgan fingerprint density at radius 2 is 2.10 bits per heavy atom. The fourth-order valence-corrected chi connectivity index (χ4v) is 1.69. The lowest BCUT2D eigenvalue weighted by molar-refractivity contribution is 0.125. The highest BCUT2D eigenvalue weighted by molar-refractivity contribution is 5.53. The molecule has 0 unspecified atom stereocenters. The third-order valence-electron chi connectivity index (χ3n) is 2.55. The molecule has 0 fully saturated rings. The number of nitrogen functional groups attached to an aromatic ring is 1. The highest BCUT2D eigenvalue weighted by atomic mass is 16.5. The topological polar surface area (TPSA) is 73.3 Å². The fraction of sp³-hybridized carbons (Fsp3) is 0.400. The van der Waals surface area contributed by atoms with Gasteiger partial charge in [-0.3, -0.25) is 0 Å². The Hall–Kier alpha value is -2.17. The number of hydrogen-bond acceptors (Lipinski definition) is 5. The first-order valence-corrected chi connectivity index (χ1v) is 6.66. The minimum absolute atomic E-state index is 0.325. The molecule has 0 aliphatic carbocycles. The molecule has 0 radical (unpaired) electrons. The van der Waals surface area contributed by atoms with Crippen molar-refractivity contribution in [2.24, 2.45) is 0 Å². The predicted molar refractivity (Wildman–Crippen MR) is 79.9 cm³/mol. The summed E-state index contributed by atoms with van der Waals surface area (Å²) < 4.78 is 11.0. The van der Waals surface area contributed by atoms with E-state index in [1.165, 1.54) is 0 Å². The average molecular weight is 275 g/mol. The van der Waals surface area contributed by atoms with Crippen LogP contribution in [0.1, 0.15) is 26.5 Å². The molecule has 2 rings (SSSR count). The molecular weight excluding hydrogens is 254 g/mol. The molecule has 5 nitrogen and oxygen atoms in total. The predicted octanol–water partition coefficient (Wildman–Crippen LogP) is 3.09. The van der Waals surface area contributed by atoms with Crippen molar-refractivity contribution in [2.45, 2.75) is 32.8 Å². The fourth-order valence-electron chi connectivity index (χ4n) is 1.69. The zero-order valence-electron chi connectivity index (χ0n) is 12.1. The van der Waals surface area contributed by atoms with Gasteiger partial charge >= 0.3 is 0 Å². The van der Waals surface area contributed by atoms with Crippen molar-refractivity contribution in [3.05, 3.63) is 36.3 Å². The molecule has 0 aromatic carbocycles. The summed E-state index contributed by atoms with van der Waals surface area (Å²) in [5.41, 5.74) is 6.09. The maximum atomic E-state index is 5.87. The van der Waals surface area contributed by atoms with Crippen LogP contribution < -0.4 is 15.8 Å². The van der Waals surface area contributed by atoms with E-state index in [1.54, 1.807) is 12.3 Å². The van der Waals surface area contributed by atoms with Crippen molar-refractivity contribution in [2.75, 3.05) is 17.6 Å². The number of nitrogens with two attached hydrogens (primary N) is 1. The molecule has 0 aliphatic rings. The van der Waals surface area contributed by atoms with Gasteiger partial charge in [-0.15, -0.1) is 0 Å². The molecule has 2 aromatic rings. The van der Waals surface area contributed by atoms with Crippen LogP contribution in [0.4, 0.5) is 11.5 Å². The van der Waals surface area contributed by atoms with Gasteiger partial charge in [0, 0.05) is 13.0 Å². The largest absolute Gasteiger partial charge is 0.470 e. The molecule has 2 aromatic heterocycles. The lowest BCUT2D eigenvalue weighted by Gasteiger charge is -2.21. The summed E-state index contributed by atoms with van der Waals surface area (Å²) in [5.74, 6) is 2.14. The molecule has 3 N–H and O–H groups in total. The molecule has 0 bridgehead atoms. The van der Waals surface area contributed by atoms with Crippen molar-refractivity contribution < 1.29 is 9.15 Å². The number of pyridine rings is 1. The molecule has 108 valence electrons. The Kier molecular flexibility index (Phi) is 4.17. The van der Waals surface area contributed by atoms with Crippen molar-refractivity contribution in [1.29, 1.82) is 0 Å². The number of nitrogens with zero attached hydrogens (tertiary/aromatic N) is 1. The number of furan rings is 1. The van der Waals surface area contributed by atoms with Gasteiger partial charge in [0.2, 0.25) is 5.88 Å². The normalized spacial score (nSPS) is 11.3. The third-order valence-corrected chi connectivity index (χ3v) is 2.55. The van der Waals surface area contributed by atoms with Gasteiger partial charge in [0.15, 0.2) is 0 Å². The zero-order chi connectivity index (χ0) is 14.6. The molecule has 20 heavy (non-hydrogen) atoms. The molecule has 0 atom stereocenters. The van der Waals surface area contributed by atoms with Crippen LogP contribution in [0.15, 0.2) is 34.9 Å². The first-order valence-electron chi connectivity index (χ1n) is 6.66. The van der Waals surface area contributed by atoms with E-state index >= 15 is 0 Å². The Balaban J connectivity index is 1.96. The number of rotatable bonds is 5. The van der Waals surface area contributed by atoms with Gasteiger partial charge in [-0.2, -0.15) is 4.98 Å². The molecule has 0 amide bonds. The van der Waals surface area contributed by atoms with Crippen LogP contribution >= 0.6 is 0 Å². The summed E-state index contributed by atoms with van der Waals surface area (Å²) in [4.78, 5) is 4.39. The summed E-state index contributed by atoms with van der Waals surface area (Å²) in [6.07, 6.45) is 2.47. The van der Waals surface area contributed by atoms with E-state index in [-0.39, 0.29) is 5.60 Å². The smallest absolute Gasteiger partial charge is 0.239 e. The first-order chi connectivity index (χ1) is 9.44. The lowest BCUT2D eigenvalue weighted by atomic mass is 10.2. The van der Waals surface area contributed by atoms with Crippen LogP contribution in [0.3, 0.4) is 0 Å². The van der Waals surface area contributed by atoms with Gasteiger partial charge < -0.3 is 20.2 Å². The first kappa shape index (κ1) is 14.2. The Labute approximate surface area is 119 Å². The monoisotopic (exact) mass is 275 g/mol. The van der Waals surface area contributed by atoms with E-state index in [0.29, 0.717) is 11.6 Å². The van der Waals surface area contributed by atoms with Crippen LogP contribution in [0.25, 0.3) is 0 Å². The summed E-state index contributed by atoms with van der Waals surface area (Å²) in [5, 5.41) is 3.23. The highest BCUT2D eigenvalue weighted by Gasteiger charge is 2.15. The Morgan fingerprint density at radius 3 is 2.75 bits per heavy atom. The second-order valence-corrected chi connectivity index (χ2v) is 5.56. The molecule has 0 saturated carbocycles. The van der Waals surface area contributed by atoms with Gasteiger partial charge in [0.1, 0.15) is 17.2 Å². The maximum Gasteiger partial charge on any atom is 0.239 e. The van der Waals surface area contributed by atoms with Crippen molar-refractivity contribution in [3.8, 4) is 5.88 Å². The second-order valence-electron chi connectivity index (χ2n) is 5.56. The summed E-state index contributed by atoms with van der Waals surface area (Å²) >= 11 is 0. The molecule has 0 aliphatic heterocycles. The van der Waals surface area contributed by atoms with Crippen LogP contribution in [0.5, 0.6) is 5.88 Å². The van der Waals surface area contributed by atoms with Gasteiger partial charge in [0.05, 0.1) is 12.0 Å². The standard InChI is InChI=1S/C15H21N3O2/c1-15(2,3)20-14-12(16)6-7-13(18-14)17-9-8-11-5-4-10-19-11/h4-7,10H,8-9,16H2,1-3H3,(H,17,18). The van der Waals surface area contributed by atoms with Crippen molar-refractivity contribution >= 4 is 11.5 Å². The third kappa shape index (κ3) is 4.19. The molecular formula is C15H21N3O2. The Morgan fingerprint density at radius 1 is 1.30 bits per heavy atom. The number of aromatic nitrogens is 1. The zero-order valence-corrected chi connectivity index (χ0v) is 12.1. The van der Waals surface area contributed by atoms with Crippen LogP contribution in [0.2, 0.25) is 0 Å². The minimum atomic E-state index is -0.325. The number of nitrogens with one attached hydrogen (secondary N) is 1. The molecule has 2 heterocycles. The Bertz CT molecular complexity index is 545. The summed E-state index contributed by atoms with van der Waals surface area (Å²) in [6.45, 7) is 6.63. The number of ether oxygens (including phenoxy) is 1. The van der Waals surface area contributed by atoms with E-state index in [9.17, 15) is 0 Å². The van der Waals surface area contributed by atoms with Crippen molar-refractivity contribution in [3.63, 3.8) is 0 Å². The van der Waals surface area contributed by atoms with Crippen LogP contribution in [0, 0.1) is 0 Å². The number of anilines is 2. The van der Waals surface area contributed by atoms with Gasteiger partial charge in [0.25, 0.3) is 0 Å². The van der Waals surface area contributed by atoms with Gasteiger partial charge in [-0.1, -0.05) is 0 Å². The van der Waals surface area contributed by atoms with E-state index in [1.807, 2.05) is 39.0 Å².